The van der Waals surface area contributed by atoms with Crippen molar-refractivity contribution in [3.8, 4) is 5.75 Å². The highest BCUT2D eigenvalue weighted by atomic mass is 19.1. The van der Waals surface area contributed by atoms with Gasteiger partial charge in [0, 0.05) is 0 Å². The van der Waals surface area contributed by atoms with Gasteiger partial charge in [-0.25, -0.2) is 4.39 Å². The molecule has 27 heavy (non-hydrogen) atoms. The van der Waals surface area contributed by atoms with Crippen molar-refractivity contribution in [3.63, 3.8) is 0 Å². The number of ether oxygens (including phenoxy) is 1. The lowest BCUT2D eigenvalue weighted by Crippen LogP contribution is -1.95. The first-order valence-electron chi connectivity index (χ1n) is 8.32. The van der Waals surface area contributed by atoms with E-state index in [4.69, 9.17) is 14.4 Å². The van der Waals surface area contributed by atoms with Crippen LogP contribution in [0.25, 0.3) is 12.2 Å². The number of nitrogens with zero attached hydrogens (tertiary/aromatic N) is 1. The van der Waals surface area contributed by atoms with Crippen molar-refractivity contribution in [2.24, 2.45) is 5.16 Å². The zero-order valence-corrected chi connectivity index (χ0v) is 14.5. The van der Waals surface area contributed by atoms with Crippen molar-refractivity contribution in [3.05, 3.63) is 102 Å². The second-order valence-electron chi connectivity index (χ2n) is 5.69. The van der Waals surface area contributed by atoms with Crippen molar-refractivity contribution in [1.29, 1.82) is 0 Å². The molecular weight excluding hydrogens is 345 g/mol. The number of rotatable bonds is 7. The van der Waals surface area contributed by atoms with Crippen molar-refractivity contribution >= 4 is 17.9 Å². The van der Waals surface area contributed by atoms with E-state index in [1.54, 1.807) is 42.7 Å². The Balaban J connectivity index is 1.57. The van der Waals surface area contributed by atoms with Crippen LogP contribution in [-0.4, -0.2) is 10.9 Å². The highest BCUT2D eigenvalue weighted by Crippen LogP contribution is 2.16. The highest BCUT2D eigenvalue weighted by Gasteiger charge is 1.98. The van der Waals surface area contributed by atoms with Gasteiger partial charge in [-0.15, -0.1) is 0 Å². The lowest BCUT2D eigenvalue weighted by atomic mass is 10.1. The van der Waals surface area contributed by atoms with E-state index in [-0.39, 0.29) is 5.82 Å². The molecule has 0 aliphatic heterocycles. The van der Waals surface area contributed by atoms with E-state index in [0.717, 1.165) is 11.1 Å². The third-order valence-corrected chi connectivity index (χ3v) is 3.70. The minimum Gasteiger partial charge on any atom is -0.489 e. The van der Waals surface area contributed by atoms with E-state index in [9.17, 15) is 4.39 Å². The van der Waals surface area contributed by atoms with E-state index in [1.807, 2.05) is 36.4 Å². The van der Waals surface area contributed by atoms with Gasteiger partial charge in [-0.1, -0.05) is 35.5 Å². The summed E-state index contributed by atoms with van der Waals surface area (Å²) >= 11 is 0. The van der Waals surface area contributed by atoms with E-state index < -0.39 is 0 Å². The van der Waals surface area contributed by atoms with Crippen LogP contribution in [0.15, 0.2) is 88.7 Å². The van der Waals surface area contributed by atoms with Crippen LogP contribution in [0.1, 0.15) is 16.9 Å². The summed E-state index contributed by atoms with van der Waals surface area (Å²) in [7, 11) is 0. The lowest BCUT2D eigenvalue weighted by Gasteiger charge is -2.06. The Kier molecular flexibility index (Phi) is 6.20. The summed E-state index contributed by atoms with van der Waals surface area (Å²) in [6.07, 6.45) is 8.43. The summed E-state index contributed by atoms with van der Waals surface area (Å²) in [6.45, 7) is 0.297. The first-order chi connectivity index (χ1) is 13.2. The predicted molar refractivity (Wildman–Crippen MR) is 103 cm³/mol. The van der Waals surface area contributed by atoms with Crippen LogP contribution < -0.4 is 4.74 Å². The minimum absolute atomic E-state index is 0.279. The number of furan rings is 1. The highest BCUT2D eigenvalue weighted by molar-refractivity contribution is 6.08. The number of oxime groups is 1. The molecule has 4 nitrogen and oxygen atoms in total. The van der Waals surface area contributed by atoms with Crippen molar-refractivity contribution < 1.29 is 18.8 Å². The largest absolute Gasteiger partial charge is 0.489 e. The molecule has 0 fully saturated rings. The standard InChI is InChI=1S/C22H18FNO3/c23-19-4-1-3-18(15-19)16-27-22-11-7-17(8-12-22)6-9-20(24-25)10-13-21-5-2-14-26-21/h1-15,25H,16H2. The smallest absolute Gasteiger partial charge is 0.126 e. The maximum absolute atomic E-state index is 13.2. The molecule has 0 unspecified atom stereocenters. The van der Waals surface area contributed by atoms with Gasteiger partial charge < -0.3 is 14.4 Å². The third-order valence-electron chi connectivity index (χ3n) is 3.70. The van der Waals surface area contributed by atoms with Gasteiger partial charge in [-0.3, -0.25) is 0 Å². The molecule has 1 aromatic heterocycles. The topological polar surface area (TPSA) is 55.0 Å². The van der Waals surface area contributed by atoms with Crippen LogP contribution in [0, 0.1) is 5.82 Å². The first kappa shape index (κ1) is 18.2. The van der Waals surface area contributed by atoms with E-state index in [1.165, 1.54) is 12.1 Å². The molecule has 136 valence electrons. The van der Waals surface area contributed by atoms with Crippen LogP contribution in [0.2, 0.25) is 0 Å². The zero-order valence-electron chi connectivity index (χ0n) is 14.5. The average Bonchev–Trinajstić information content (AvgIpc) is 3.21. The molecule has 0 spiro atoms. The molecule has 5 heteroatoms. The molecule has 0 aliphatic rings. The monoisotopic (exact) mass is 363 g/mol. The summed E-state index contributed by atoms with van der Waals surface area (Å²) in [5.74, 6) is 1.08. The molecule has 0 atom stereocenters. The molecule has 0 amide bonds. The van der Waals surface area contributed by atoms with Crippen molar-refractivity contribution in [2.45, 2.75) is 6.61 Å². The Morgan fingerprint density at radius 2 is 1.85 bits per heavy atom. The average molecular weight is 363 g/mol. The van der Waals surface area contributed by atoms with Crippen LogP contribution >= 0.6 is 0 Å². The number of allylic oxidation sites excluding steroid dienone is 2. The van der Waals surface area contributed by atoms with E-state index >= 15 is 0 Å². The lowest BCUT2D eigenvalue weighted by molar-refractivity contribution is 0.305. The molecular formula is C22H18FNO3. The molecule has 1 heterocycles. The zero-order chi connectivity index (χ0) is 18.9. The van der Waals surface area contributed by atoms with E-state index in [2.05, 4.69) is 5.16 Å². The van der Waals surface area contributed by atoms with Gasteiger partial charge in [0.15, 0.2) is 0 Å². The fourth-order valence-electron chi connectivity index (χ4n) is 2.33. The van der Waals surface area contributed by atoms with Gasteiger partial charge in [0.2, 0.25) is 0 Å². The fourth-order valence-corrected chi connectivity index (χ4v) is 2.33. The van der Waals surface area contributed by atoms with Crippen LogP contribution in [0.5, 0.6) is 5.75 Å². The summed E-state index contributed by atoms with van der Waals surface area (Å²) < 4.78 is 24.0. The molecule has 0 saturated carbocycles. The molecule has 2 aromatic carbocycles. The number of benzene rings is 2. The SMILES string of the molecule is ON=C(C=Cc1ccc(OCc2cccc(F)c2)cc1)C=Cc1ccco1. The van der Waals surface area contributed by atoms with Crippen LogP contribution in [0.4, 0.5) is 4.39 Å². The first-order valence-corrected chi connectivity index (χ1v) is 8.32. The minimum atomic E-state index is -0.279. The maximum atomic E-state index is 13.2. The number of hydrogen-bond acceptors (Lipinski definition) is 4. The fraction of sp³-hybridized carbons (Fsp3) is 0.0455. The Morgan fingerprint density at radius 1 is 1.04 bits per heavy atom. The molecule has 0 saturated heterocycles. The normalized spacial score (nSPS) is 12.1. The van der Waals surface area contributed by atoms with Crippen LogP contribution in [-0.2, 0) is 6.61 Å². The molecule has 0 bridgehead atoms. The number of hydrogen-bond donors (Lipinski definition) is 1. The molecule has 3 aromatic rings. The molecule has 3 rings (SSSR count). The van der Waals surface area contributed by atoms with Gasteiger partial charge >= 0.3 is 0 Å². The van der Waals surface area contributed by atoms with Crippen molar-refractivity contribution in [1.82, 2.24) is 0 Å². The Hall–Kier alpha value is -3.60. The second-order valence-corrected chi connectivity index (χ2v) is 5.69. The van der Waals surface area contributed by atoms with Gasteiger partial charge in [0.05, 0.1) is 6.26 Å². The Morgan fingerprint density at radius 3 is 2.56 bits per heavy atom. The predicted octanol–water partition coefficient (Wildman–Crippen LogP) is 5.55. The number of halogens is 1. The summed E-state index contributed by atoms with van der Waals surface area (Å²) in [6, 6.07) is 17.3. The molecule has 0 radical (unpaired) electrons. The quantitative estimate of drug-likeness (QED) is 0.340. The summed E-state index contributed by atoms with van der Waals surface area (Å²) in [5.41, 5.74) is 2.07. The summed E-state index contributed by atoms with van der Waals surface area (Å²) in [5, 5.41) is 12.3. The molecule has 0 aliphatic carbocycles. The van der Waals surface area contributed by atoms with Gasteiger partial charge in [-0.05, 0) is 65.8 Å². The van der Waals surface area contributed by atoms with Gasteiger partial charge in [0.25, 0.3) is 0 Å². The van der Waals surface area contributed by atoms with Gasteiger partial charge in [0.1, 0.15) is 29.6 Å². The van der Waals surface area contributed by atoms with Crippen LogP contribution in [0.3, 0.4) is 0 Å². The molecule has 1 N–H and O–H groups in total. The van der Waals surface area contributed by atoms with Gasteiger partial charge in [-0.2, -0.15) is 0 Å². The Labute approximate surface area is 156 Å². The third kappa shape index (κ3) is 5.71. The maximum Gasteiger partial charge on any atom is 0.126 e. The second kappa shape index (κ2) is 9.20. The summed E-state index contributed by atoms with van der Waals surface area (Å²) in [4.78, 5) is 0. The van der Waals surface area contributed by atoms with Crippen molar-refractivity contribution in [2.75, 3.05) is 0 Å². The van der Waals surface area contributed by atoms with E-state index in [0.29, 0.717) is 23.8 Å². The Bertz CT molecular complexity index is 942.